The molecule has 2 heterocycles. The van der Waals surface area contributed by atoms with E-state index in [9.17, 15) is 0 Å². The highest BCUT2D eigenvalue weighted by molar-refractivity contribution is 7.04. The zero-order chi connectivity index (χ0) is 43.0. The molecule has 5 aliphatic carbocycles. The van der Waals surface area contributed by atoms with Crippen molar-refractivity contribution in [1.82, 2.24) is 15.0 Å². The Balaban J connectivity index is 0.986. The van der Waals surface area contributed by atoms with E-state index in [1.54, 1.807) is 15.9 Å². The van der Waals surface area contributed by atoms with Gasteiger partial charge in [-0.1, -0.05) is 189 Å². The van der Waals surface area contributed by atoms with Crippen LogP contribution in [0, 0.1) is 23.7 Å². The van der Waals surface area contributed by atoms with Gasteiger partial charge < -0.3 is 0 Å². The Bertz CT molecular complexity index is 3390. The van der Waals surface area contributed by atoms with E-state index in [4.69, 9.17) is 15.0 Å². The van der Waals surface area contributed by atoms with E-state index in [-0.39, 0.29) is 5.41 Å². The van der Waals surface area contributed by atoms with Crippen LogP contribution in [0.2, 0.25) is 13.1 Å². The lowest BCUT2D eigenvalue weighted by Gasteiger charge is -2.61. The molecular weight excluding hydrogens is 803 g/mol. The topological polar surface area (TPSA) is 38.7 Å². The number of hydrogen-bond donors (Lipinski definition) is 0. The van der Waals surface area contributed by atoms with Crippen molar-refractivity contribution >= 4 is 29.2 Å². The lowest BCUT2D eigenvalue weighted by molar-refractivity contribution is -0.0397. The lowest BCUT2D eigenvalue weighted by atomic mass is 9.42. The fraction of sp³-hybridized carbons (Fsp3) is 0.197. The predicted octanol–water partition coefficient (Wildman–Crippen LogP) is 13.9. The Hall–Kier alpha value is -6.75. The third-order valence-corrected chi connectivity index (χ3v) is 20.3. The fourth-order valence-corrected chi connectivity index (χ4v) is 17.9. The summed E-state index contributed by atoms with van der Waals surface area (Å²) in [6.45, 7) is 5.16. The summed E-state index contributed by atoms with van der Waals surface area (Å²) in [7, 11) is -2.02. The molecule has 1 aromatic heterocycles. The first-order valence-electron chi connectivity index (χ1n) is 23.9. The second-order valence-corrected chi connectivity index (χ2v) is 24.6. The molecule has 0 N–H and O–H groups in total. The number of benzene rings is 8. The molecule has 3 nitrogen and oxygen atoms in total. The Kier molecular flexibility index (Phi) is 8.03. The van der Waals surface area contributed by atoms with Crippen molar-refractivity contribution in [1.29, 1.82) is 0 Å². The van der Waals surface area contributed by atoms with Gasteiger partial charge in [0.1, 0.15) is 8.07 Å². The van der Waals surface area contributed by atoms with Crippen molar-refractivity contribution in [3.8, 4) is 78.7 Å². The standard InChI is InChI=1S/C61H49N3Si/c1-65(2)54-27-9-8-19-47(54)49-22-12-23-50(57(49)65)48-21-11-24-51-55-52(25-13-26-53(55)61(56(48)51)43-33-37-32-38(35-43)36-44(61)34-37)60-63-58(41-15-4-3-5-16-41)62-59(64-60)42-30-28-40(29-31-42)46-20-10-17-39-14-6-7-18-45(39)46/h3-31,37-38,43-44H,32-36H2,1-2H3. The van der Waals surface area contributed by atoms with E-state index >= 15 is 0 Å². The molecule has 15 rings (SSSR count). The van der Waals surface area contributed by atoms with Gasteiger partial charge in [0, 0.05) is 22.1 Å². The highest BCUT2D eigenvalue weighted by Crippen LogP contribution is 2.71. The van der Waals surface area contributed by atoms with Gasteiger partial charge in [-0.15, -0.1) is 0 Å². The van der Waals surface area contributed by atoms with E-state index in [1.807, 2.05) is 0 Å². The first kappa shape index (κ1) is 37.6. The number of aromatic nitrogens is 3. The second kappa shape index (κ2) is 13.9. The van der Waals surface area contributed by atoms with E-state index in [1.165, 1.54) is 92.9 Å². The monoisotopic (exact) mass is 851 g/mol. The smallest absolute Gasteiger partial charge is 0.164 e. The maximum atomic E-state index is 5.48. The first-order valence-corrected chi connectivity index (χ1v) is 26.9. The molecule has 0 atom stereocenters. The molecule has 0 amide bonds. The third kappa shape index (κ3) is 5.32. The van der Waals surface area contributed by atoms with E-state index in [2.05, 4.69) is 189 Å². The van der Waals surface area contributed by atoms with Crippen molar-refractivity contribution in [2.24, 2.45) is 23.7 Å². The molecule has 8 aromatic carbocycles. The fourth-order valence-electron chi connectivity index (χ4n) is 14.4. The molecule has 0 saturated heterocycles. The molecule has 6 aliphatic rings. The minimum absolute atomic E-state index is 0.0554. The molecule has 65 heavy (non-hydrogen) atoms. The van der Waals surface area contributed by atoms with Gasteiger partial charge in [0.2, 0.25) is 0 Å². The van der Waals surface area contributed by atoms with E-state index in [0.717, 1.165) is 34.4 Å². The normalized spacial score (nSPS) is 22.5. The Morgan fingerprint density at radius 1 is 0.415 bits per heavy atom. The van der Waals surface area contributed by atoms with Gasteiger partial charge in [0.15, 0.2) is 17.5 Å². The third-order valence-electron chi connectivity index (χ3n) is 16.7. The van der Waals surface area contributed by atoms with Crippen LogP contribution in [0.5, 0.6) is 0 Å². The van der Waals surface area contributed by atoms with Crippen LogP contribution < -0.4 is 10.4 Å². The van der Waals surface area contributed by atoms with E-state index < -0.39 is 8.07 Å². The zero-order valence-corrected chi connectivity index (χ0v) is 37.9. The van der Waals surface area contributed by atoms with Crippen LogP contribution in [-0.4, -0.2) is 23.0 Å². The highest BCUT2D eigenvalue weighted by Gasteiger charge is 2.62. The quantitative estimate of drug-likeness (QED) is 0.162. The minimum Gasteiger partial charge on any atom is -0.208 e. The molecule has 4 bridgehead atoms. The van der Waals surface area contributed by atoms with Crippen molar-refractivity contribution < 1.29 is 0 Å². The maximum absolute atomic E-state index is 5.48. The molecule has 9 aromatic rings. The molecule has 4 saturated carbocycles. The number of rotatable bonds is 5. The summed E-state index contributed by atoms with van der Waals surface area (Å²) in [6, 6.07) is 65.3. The summed E-state index contributed by atoms with van der Waals surface area (Å²) < 4.78 is 0. The van der Waals surface area contributed by atoms with Crippen molar-refractivity contribution in [2.45, 2.75) is 50.6 Å². The molecule has 4 heteroatoms. The van der Waals surface area contributed by atoms with Gasteiger partial charge >= 0.3 is 0 Å². The molecule has 312 valence electrons. The van der Waals surface area contributed by atoms with Crippen LogP contribution in [0.15, 0.2) is 176 Å². The van der Waals surface area contributed by atoms with Crippen LogP contribution in [0.4, 0.5) is 0 Å². The van der Waals surface area contributed by atoms with Gasteiger partial charge in [0.05, 0.1) is 0 Å². The van der Waals surface area contributed by atoms with Crippen LogP contribution >= 0.6 is 0 Å². The van der Waals surface area contributed by atoms with Crippen molar-refractivity contribution in [2.75, 3.05) is 0 Å². The van der Waals surface area contributed by atoms with Gasteiger partial charge in [0.25, 0.3) is 0 Å². The highest BCUT2D eigenvalue weighted by atomic mass is 28.3. The Morgan fingerprint density at radius 3 is 1.71 bits per heavy atom. The Morgan fingerprint density at radius 2 is 0.938 bits per heavy atom. The molecule has 1 aliphatic heterocycles. The van der Waals surface area contributed by atoms with Crippen LogP contribution in [-0.2, 0) is 5.41 Å². The Labute approximate surface area is 382 Å². The first-order chi connectivity index (χ1) is 31.9. The average molecular weight is 852 g/mol. The van der Waals surface area contributed by atoms with Gasteiger partial charge in [-0.05, 0) is 133 Å². The summed E-state index contributed by atoms with van der Waals surface area (Å²) in [5, 5.41) is 5.66. The SMILES string of the molecule is C[Si]1(C)c2ccccc2-c2cccc(-c3cccc4c3C3(c5cccc(-c6nc(-c7ccccc7)nc(-c7ccc(-c8cccc9ccccc89)cc7)n6)c5-4)C4CC5CC(C4)CC3C5)c21. The molecular formula is C61H49N3Si. The number of hydrogen-bond acceptors (Lipinski definition) is 3. The largest absolute Gasteiger partial charge is 0.208 e. The number of nitrogens with zero attached hydrogens (tertiary/aromatic N) is 3. The summed E-state index contributed by atoms with van der Waals surface area (Å²) in [5.74, 6) is 5.05. The zero-order valence-electron chi connectivity index (χ0n) is 36.9. The summed E-state index contributed by atoms with van der Waals surface area (Å²) in [6.07, 6.45) is 6.73. The molecule has 0 unspecified atom stereocenters. The van der Waals surface area contributed by atoms with Gasteiger partial charge in [-0.25, -0.2) is 15.0 Å². The van der Waals surface area contributed by atoms with Gasteiger partial charge in [-0.2, -0.15) is 0 Å². The second-order valence-electron chi connectivity index (χ2n) is 20.3. The van der Waals surface area contributed by atoms with Crippen LogP contribution in [0.1, 0.15) is 43.2 Å². The lowest BCUT2D eigenvalue weighted by Crippen LogP contribution is -2.55. The van der Waals surface area contributed by atoms with E-state index in [0.29, 0.717) is 23.5 Å². The average Bonchev–Trinajstić information content (AvgIpc) is 3.79. The van der Waals surface area contributed by atoms with Gasteiger partial charge in [-0.3, -0.25) is 0 Å². The summed E-state index contributed by atoms with van der Waals surface area (Å²) in [4.78, 5) is 16.1. The number of fused-ring (bicyclic) bond motifs is 7. The molecule has 1 spiro atoms. The summed E-state index contributed by atoms with van der Waals surface area (Å²) in [5.41, 5.74) is 17.0. The van der Waals surface area contributed by atoms with Crippen LogP contribution in [0.25, 0.3) is 89.4 Å². The minimum atomic E-state index is -2.02. The molecule has 4 fully saturated rings. The predicted molar refractivity (Wildman–Crippen MR) is 270 cm³/mol. The van der Waals surface area contributed by atoms with Crippen molar-refractivity contribution in [3.05, 3.63) is 187 Å². The molecule has 0 radical (unpaired) electrons. The van der Waals surface area contributed by atoms with Crippen molar-refractivity contribution in [3.63, 3.8) is 0 Å². The maximum Gasteiger partial charge on any atom is 0.164 e. The van der Waals surface area contributed by atoms with Crippen LogP contribution in [0.3, 0.4) is 0 Å². The summed E-state index contributed by atoms with van der Waals surface area (Å²) >= 11 is 0.